The van der Waals surface area contributed by atoms with Gasteiger partial charge in [0.2, 0.25) is 0 Å². The van der Waals surface area contributed by atoms with Gasteiger partial charge in [-0.2, -0.15) is 10.1 Å². The first-order valence-electron chi connectivity index (χ1n) is 8.91. The minimum atomic E-state index is -0.635. The number of hydrogen-bond acceptors (Lipinski definition) is 7. The summed E-state index contributed by atoms with van der Waals surface area (Å²) in [5, 5.41) is 7.31. The first-order valence-corrected chi connectivity index (χ1v) is 8.91. The zero-order valence-corrected chi connectivity index (χ0v) is 15.7. The summed E-state index contributed by atoms with van der Waals surface area (Å²) in [6.45, 7) is 3.45. The summed E-state index contributed by atoms with van der Waals surface area (Å²) in [5.41, 5.74) is 0.695. The second-order valence-electron chi connectivity index (χ2n) is 6.28. The second-order valence-corrected chi connectivity index (χ2v) is 6.28. The van der Waals surface area contributed by atoms with Crippen molar-refractivity contribution in [1.82, 2.24) is 29.7 Å². The number of nitrogens with one attached hydrogen (secondary N) is 3. The van der Waals surface area contributed by atoms with E-state index < -0.39 is 11.2 Å². The molecule has 0 saturated heterocycles. The number of nitrogens with zero attached hydrogens (tertiary/aromatic N) is 4. The Morgan fingerprint density at radius 2 is 1.97 bits per heavy atom. The molecule has 0 fully saturated rings. The van der Waals surface area contributed by atoms with Crippen molar-refractivity contribution in [3.63, 3.8) is 0 Å². The monoisotopic (exact) mass is 391 g/mol. The first kappa shape index (κ1) is 18.3. The van der Waals surface area contributed by atoms with Crippen LogP contribution in [0.25, 0.3) is 22.4 Å². The fourth-order valence-corrected chi connectivity index (χ4v) is 3.11. The molecule has 0 unspecified atom stereocenters. The highest BCUT2D eigenvalue weighted by molar-refractivity contribution is 6.05. The molecule has 3 heterocycles. The Balaban J connectivity index is 2.01. The predicted octanol–water partition coefficient (Wildman–Crippen LogP) is 1.84. The molecule has 3 aromatic heterocycles. The van der Waals surface area contributed by atoms with Crippen molar-refractivity contribution >= 4 is 28.5 Å². The first-order chi connectivity index (χ1) is 14.0. The van der Waals surface area contributed by atoms with Crippen molar-refractivity contribution in [2.24, 2.45) is 0 Å². The van der Waals surface area contributed by atoms with E-state index in [4.69, 9.17) is 0 Å². The van der Waals surface area contributed by atoms with Crippen LogP contribution in [0.15, 0.2) is 46.2 Å². The molecule has 0 radical (unpaired) electrons. The van der Waals surface area contributed by atoms with Crippen LogP contribution in [-0.2, 0) is 6.54 Å². The number of carbonyl (C=O) groups is 1. The van der Waals surface area contributed by atoms with Crippen molar-refractivity contribution < 1.29 is 4.79 Å². The molecule has 0 aliphatic heterocycles. The van der Waals surface area contributed by atoms with Crippen LogP contribution in [0.5, 0.6) is 0 Å². The van der Waals surface area contributed by atoms with Crippen LogP contribution in [0.1, 0.15) is 24.2 Å². The molecule has 0 atom stereocenters. The van der Waals surface area contributed by atoms with Gasteiger partial charge >= 0.3 is 5.69 Å². The van der Waals surface area contributed by atoms with Gasteiger partial charge in [-0.05, 0) is 13.8 Å². The van der Waals surface area contributed by atoms with Crippen molar-refractivity contribution in [2.75, 3.05) is 5.32 Å². The number of ketones is 1. The molecule has 0 spiro atoms. The zero-order chi connectivity index (χ0) is 20.5. The molecule has 10 nitrogen and oxygen atoms in total. The molecular weight excluding hydrogens is 374 g/mol. The maximum atomic E-state index is 13.0. The smallest absolute Gasteiger partial charge is 0.340 e. The van der Waals surface area contributed by atoms with Crippen LogP contribution in [0.3, 0.4) is 0 Å². The number of carbonyl (C=O) groups excluding carboxylic acids is 1. The fourth-order valence-electron chi connectivity index (χ4n) is 3.11. The van der Waals surface area contributed by atoms with Crippen LogP contribution in [0.4, 0.5) is 11.5 Å². The Bertz CT molecular complexity index is 1340. The average molecular weight is 391 g/mol. The van der Waals surface area contributed by atoms with Gasteiger partial charge in [0, 0.05) is 12.1 Å². The van der Waals surface area contributed by atoms with Crippen molar-refractivity contribution in [1.29, 1.82) is 0 Å². The van der Waals surface area contributed by atoms with Crippen LogP contribution < -0.4 is 16.6 Å². The Morgan fingerprint density at radius 3 is 2.66 bits per heavy atom. The van der Waals surface area contributed by atoms with Crippen molar-refractivity contribution in [3.8, 4) is 11.3 Å². The number of aromatic amines is 2. The lowest BCUT2D eigenvalue weighted by Crippen LogP contribution is -2.28. The van der Waals surface area contributed by atoms with Gasteiger partial charge in [-0.1, -0.05) is 30.3 Å². The minimum Gasteiger partial charge on any atom is -0.340 e. The highest BCUT2D eigenvalue weighted by Gasteiger charge is 2.23. The van der Waals surface area contributed by atoms with Gasteiger partial charge in [0.1, 0.15) is 22.7 Å². The predicted molar refractivity (Wildman–Crippen MR) is 107 cm³/mol. The quantitative estimate of drug-likeness (QED) is 0.441. The third-order valence-electron chi connectivity index (χ3n) is 4.41. The minimum absolute atomic E-state index is 0.0194. The van der Waals surface area contributed by atoms with Crippen LogP contribution in [0, 0.1) is 0 Å². The van der Waals surface area contributed by atoms with Gasteiger partial charge in [0.25, 0.3) is 5.56 Å². The summed E-state index contributed by atoms with van der Waals surface area (Å²) in [6.07, 6.45) is 1.38. The molecule has 146 valence electrons. The van der Waals surface area contributed by atoms with E-state index in [1.54, 1.807) is 6.92 Å². The van der Waals surface area contributed by atoms with E-state index in [9.17, 15) is 14.4 Å². The maximum Gasteiger partial charge on any atom is 0.348 e. The number of Topliss-reactive ketones (excluding diaryl/α,β-unsaturated/α-hetero) is 1. The van der Waals surface area contributed by atoms with Gasteiger partial charge in [-0.25, -0.2) is 14.5 Å². The van der Waals surface area contributed by atoms with Gasteiger partial charge in [0.05, 0.1) is 11.9 Å². The van der Waals surface area contributed by atoms with Crippen LogP contribution >= 0.6 is 0 Å². The fraction of sp³-hybridized carbons (Fsp3) is 0.158. The maximum absolute atomic E-state index is 13.0. The van der Waals surface area contributed by atoms with E-state index >= 15 is 0 Å². The lowest BCUT2D eigenvalue weighted by atomic mass is 10.0. The van der Waals surface area contributed by atoms with Gasteiger partial charge in [0.15, 0.2) is 11.4 Å². The number of fused-ring (bicyclic) bond motifs is 1. The molecule has 0 aliphatic rings. The molecule has 29 heavy (non-hydrogen) atoms. The number of rotatable bonds is 5. The molecule has 4 rings (SSSR count). The van der Waals surface area contributed by atoms with E-state index in [0.29, 0.717) is 23.3 Å². The summed E-state index contributed by atoms with van der Waals surface area (Å²) in [7, 11) is 0. The molecule has 3 N–H and O–H groups in total. The largest absolute Gasteiger partial charge is 0.348 e. The topological polar surface area (TPSA) is 138 Å². The summed E-state index contributed by atoms with van der Waals surface area (Å²) >= 11 is 0. The Labute approximate surface area is 163 Å². The number of aromatic nitrogens is 6. The highest BCUT2D eigenvalue weighted by Crippen LogP contribution is 2.28. The Hall–Kier alpha value is -4.08. The molecule has 0 aliphatic carbocycles. The summed E-state index contributed by atoms with van der Waals surface area (Å²) in [5.74, 6) is -0.151. The summed E-state index contributed by atoms with van der Waals surface area (Å²) in [6, 6.07) is 9.12. The summed E-state index contributed by atoms with van der Waals surface area (Å²) < 4.78 is 1.26. The standard InChI is InChI=1S/C19H17N7O3/c1-3-26-18(28)14(22-17-15-16(21-9-20-15)23-19(29)24-17)12(10(2)27)13(25-26)11-7-5-4-6-8-11/h4-9H,3H2,1-2H3,(H3,20,21,22,23,24,29). The number of aryl methyl sites for hydroxylation is 1. The van der Waals surface area contributed by atoms with E-state index in [1.807, 2.05) is 30.3 Å². The number of hydrogen-bond donors (Lipinski definition) is 3. The van der Waals surface area contributed by atoms with Crippen molar-refractivity contribution in [3.05, 3.63) is 63.1 Å². The number of H-pyrrole nitrogens is 2. The lowest BCUT2D eigenvalue weighted by Gasteiger charge is -2.16. The van der Waals surface area contributed by atoms with Gasteiger partial charge in [-0.15, -0.1) is 0 Å². The van der Waals surface area contributed by atoms with E-state index in [0.717, 1.165) is 0 Å². The third kappa shape index (κ3) is 3.20. The van der Waals surface area contributed by atoms with Gasteiger partial charge < -0.3 is 10.3 Å². The number of benzene rings is 1. The van der Waals surface area contributed by atoms with Gasteiger partial charge in [-0.3, -0.25) is 14.6 Å². The molecular formula is C19H17N7O3. The van der Waals surface area contributed by atoms with E-state index in [1.165, 1.54) is 17.9 Å². The number of anilines is 2. The molecule has 10 heteroatoms. The van der Waals surface area contributed by atoms with E-state index in [2.05, 4.69) is 30.4 Å². The molecule has 1 aromatic carbocycles. The summed E-state index contributed by atoms with van der Waals surface area (Å²) in [4.78, 5) is 50.6. The Morgan fingerprint density at radius 1 is 1.21 bits per heavy atom. The zero-order valence-electron chi connectivity index (χ0n) is 15.7. The van der Waals surface area contributed by atoms with E-state index in [-0.39, 0.29) is 28.5 Å². The molecule has 0 saturated carbocycles. The molecule has 0 amide bonds. The Kier molecular flexibility index (Phi) is 4.51. The second kappa shape index (κ2) is 7.15. The van der Waals surface area contributed by atoms with Crippen LogP contribution in [-0.4, -0.2) is 35.5 Å². The molecule has 0 bridgehead atoms. The lowest BCUT2D eigenvalue weighted by molar-refractivity contribution is 0.101. The van der Waals surface area contributed by atoms with Crippen molar-refractivity contribution in [2.45, 2.75) is 20.4 Å². The SMILES string of the molecule is CCn1nc(-c2ccccc2)c(C(C)=O)c(Nc2[nH]c(=O)nc3nc[nH]c23)c1=O. The third-order valence-corrected chi connectivity index (χ3v) is 4.41. The number of imidazole rings is 1. The highest BCUT2D eigenvalue weighted by atomic mass is 16.1. The average Bonchev–Trinajstić information content (AvgIpc) is 3.18. The normalized spacial score (nSPS) is 11.0. The molecule has 4 aromatic rings. The van der Waals surface area contributed by atoms with Crippen LogP contribution in [0.2, 0.25) is 0 Å².